The molecule has 0 saturated carbocycles. The summed E-state index contributed by atoms with van der Waals surface area (Å²) in [6.07, 6.45) is 0. The second-order valence-corrected chi connectivity index (χ2v) is 7.93. The topological polar surface area (TPSA) is 15.3 Å². The second-order valence-electron chi connectivity index (χ2n) is 5.49. The highest BCUT2D eigenvalue weighted by Crippen LogP contribution is 2.27. The predicted molar refractivity (Wildman–Crippen MR) is 91.0 cm³/mol. The maximum Gasteiger partial charge on any atom is 0.0561 e. The van der Waals surface area contributed by atoms with Gasteiger partial charge in [-0.3, -0.25) is 0 Å². The molecule has 0 fully saturated rings. The smallest absolute Gasteiger partial charge is 0.0561 e. The SMILES string of the molecule is Cc1cc(C(C)NCC(c2cccs2)N(C)C)c(C)s1. The molecule has 2 heterocycles. The molecule has 2 nitrogen and oxygen atoms in total. The molecular weight excluding hydrogens is 284 g/mol. The zero-order valence-electron chi connectivity index (χ0n) is 12.9. The van der Waals surface area contributed by atoms with E-state index in [2.05, 4.69) is 68.7 Å². The molecule has 4 heteroatoms. The standard InChI is InChI=1S/C16H24N2S2/c1-11-9-14(13(3)20-11)12(2)17-10-15(18(4)5)16-7-6-8-19-16/h6-9,12,15,17H,10H2,1-5H3. The number of hydrogen-bond donors (Lipinski definition) is 1. The molecular formula is C16H24N2S2. The van der Waals surface area contributed by atoms with E-state index in [9.17, 15) is 0 Å². The Balaban J connectivity index is 2.01. The van der Waals surface area contributed by atoms with Gasteiger partial charge in [-0.25, -0.2) is 0 Å². The van der Waals surface area contributed by atoms with Crippen molar-refractivity contribution in [1.29, 1.82) is 0 Å². The lowest BCUT2D eigenvalue weighted by molar-refractivity contribution is 0.285. The van der Waals surface area contributed by atoms with Crippen molar-refractivity contribution in [2.24, 2.45) is 0 Å². The lowest BCUT2D eigenvalue weighted by Crippen LogP contribution is -2.32. The summed E-state index contributed by atoms with van der Waals surface area (Å²) in [5, 5.41) is 5.85. The highest BCUT2D eigenvalue weighted by Gasteiger charge is 2.17. The van der Waals surface area contributed by atoms with Crippen molar-refractivity contribution in [3.8, 4) is 0 Å². The Morgan fingerprint density at radius 2 is 2.05 bits per heavy atom. The molecule has 1 N–H and O–H groups in total. The van der Waals surface area contributed by atoms with Crippen molar-refractivity contribution in [3.63, 3.8) is 0 Å². The maximum atomic E-state index is 3.69. The number of aryl methyl sites for hydroxylation is 2. The van der Waals surface area contributed by atoms with Crippen LogP contribution in [0.15, 0.2) is 23.6 Å². The summed E-state index contributed by atoms with van der Waals surface area (Å²) in [7, 11) is 4.30. The van der Waals surface area contributed by atoms with Gasteiger partial charge in [-0.05, 0) is 57.9 Å². The number of rotatable bonds is 6. The maximum absolute atomic E-state index is 3.69. The Kier molecular flexibility index (Phi) is 5.38. The third kappa shape index (κ3) is 3.70. The van der Waals surface area contributed by atoms with E-state index in [1.807, 2.05) is 22.7 Å². The molecule has 2 atom stereocenters. The molecule has 2 aromatic rings. The summed E-state index contributed by atoms with van der Waals surface area (Å²) >= 11 is 3.72. The van der Waals surface area contributed by atoms with Gasteiger partial charge in [0.1, 0.15) is 0 Å². The average Bonchev–Trinajstić information content (AvgIpc) is 2.99. The number of likely N-dealkylation sites (N-methyl/N-ethyl adjacent to an activating group) is 1. The number of thiophene rings is 2. The van der Waals surface area contributed by atoms with Crippen molar-refractivity contribution < 1.29 is 0 Å². The predicted octanol–water partition coefficient (Wildman–Crippen LogP) is 4.38. The summed E-state index contributed by atoms with van der Waals surface area (Å²) in [4.78, 5) is 6.54. The normalized spacial score (nSPS) is 14.7. The van der Waals surface area contributed by atoms with Crippen LogP contribution in [0.3, 0.4) is 0 Å². The van der Waals surface area contributed by atoms with Crippen molar-refractivity contribution in [2.75, 3.05) is 20.6 Å². The Hall–Kier alpha value is -0.680. The quantitative estimate of drug-likeness (QED) is 0.852. The van der Waals surface area contributed by atoms with Gasteiger partial charge in [-0.2, -0.15) is 0 Å². The molecule has 0 aliphatic rings. The molecule has 20 heavy (non-hydrogen) atoms. The van der Waals surface area contributed by atoms with Crippen LogP contribution in [0.5, 0.6) is 0 Å². The first-order chi connectivity index (χ1) is 9.49. The van der Waals surface area contributed by atoms with Gasteiger partial charge >= 0.3 is 0 Å². The summed E-state index contributed by atoms with van der Waals surface area (Å²) < 4.78 is 0. The van der Waals surface area contributed by atoms with Crippen LogP contribution in [0.1, 0.15) is 39.2 Å². The van der Waals surface area contributed by atoms with Crippen LogP contribution in [-0.2, 0) is 0 Å². The van der Waals surface area contributed by atoms with Crippen LogP contribution < -0.4 is 5.32 Å². The van der Waals surface area contributed by atoms with E-state index in [4.69, 9.17) is 0 Å². The van der Waals surface area contributed by atoms with Crippen molar-refractivity contribution in [2.45, 2.75) is 32.9 Å². The Bertz CT molecular complexity index is 529. The summed E-state index contributed by atoms with van der Waals surface area (Å²) in [5.74, 6) is 0. The Labute approximate surface area is 130 Å². The van der Waals surface area contributed by atoms with E-state index < -0.39 is 0 Å². The molecule has 0 aliphatic carbocycles. The van der Waals surface area contributed by atoms with Crippen LogP contribution in [0, 0.1) is 13.8 Å². The van der Waals surface area contributed by atoms with E-state index in [-0.39, 0.29) is 0 Å². The van der Waals surface area contributed by atoms with Gasteiger partial charge in [0, 0.05) is 27.2 Å². The molecule has 2 rings (SSSR count). The minimum atomic E-state index is 0.405. The second kappa shape index (κ2) is 6.85. The third-order valence-electron chi connectivity index (χ3n) is 3.66. The van der Waals surface area contributed by atoms with Crippen molar-refractivity contribution >= 4 is 22.7 Å². The molecule has 0 amide bonds. The average molecular weight is 309 g/mol. The molecule has 0 bridgehead atoms. The molecule has 0 saturated heterocycles. The van der Waals surface area contributed by atoms with Gasteiger partial charge in [0.05, 0.1) is 6.04 Å². The Morgan fingerprint density at radius 1 is 1.30 bits per heavy atom. The zero-order chi connectivity index (χ0) is 14.7. The van der Waals surface area contributed by atoms with Gasteiger partial charge < -0.3 is 10.2 Å². The first kappa shape index (κ1) is 15.7. The summed E-state index contributed by atoms with van der Waals surface area (Å²) in [5.41, 5.74) is 1.44. The van der Waals surface area contributed by atoms with Crippen LogP contribution in [0.4, 0.5) is 0 Å². The number of nitrogens with one attached hydrogen (secondary N) is 1. The van der Waals surface area contributed by atoms with E-state index in [0.717, 1.165) is 6.54 Å². The Morgan fingerprint density at radius 3 is 2.55 bits per heavy atom. The van der Waals surface area contributed by atoms with E-state index >= 15 is 0 Å². The zero-order valence-corrected chi connectivity index (χ0v) is 14.6. The number of hydrogen-bond acceptors (Lipinski definition) is 4. The largest absolute Gasteiger partial charge is 0.308 e. The number of nitrogens with zero attached hydrogens (tertiary/aromatic N) is 1. The van der Waals surface area contributed by atoms with E-state index in [1.54, 1.807) is 0 Å². The minimum Gasteiger partial charge on any atom is -0.308 e. The van der Waals surface area contributed by atoms with Crippen LogP contribution in [-0.4, -0.2) is 25.5 Å². The molecule has 0 aliphatic heterocycles. The van der Waals surface area contributed by atoms with Crippen LogP contribution in [0.2, 0.25) is 0 Å². The minimum absolute atomic E-state index is 0.405. The first-order valence-corrected chi connectivity index (χ1v) is 8.68. The highest BCUT2D eigenvalue weighted by atomic mass is 32.1. The lowest BCUT2D eigenvalue weighted by atomic mass is 10.1. The molecule has 2 unspecified atom stereocenters. The lowest BCUT2D eigenvalue weighted by Gasteiger charge is -2.25. The molecule has 110 valence electrons. The fraction of sp³-hybridized carbons (Fsp3) is 0.500. The van der Waals surface area contributed by atoms with Gasteiger partial charge in [-0.15, -0.1) is 22.7 Å². The molecule has 0 radical (unpaired) electrons. The fourth-order valence-corrected chi connectivity index (χ4v) is 4.44. The fourth-order valence-electron chi connectivity index (χ4n) is 2.50. The third-order valence-corrected chi connectivity index (χ3v) is 5.61. The van der Waals surface area contributed by atoms with Gasteiger partial charge in [-0.1, -0.05) is 6.07 Å². The summed E-state index contributed by atoms with van der Waals surface area (Å²) in [6, 6.07) is 7.52. The van der Waals surface area contributed by atoms with Gasteiger partial charge in [0.25, 0.3) is 0 Å². The van der Waals surface area contributed by atoms with Crippen molar-refractivity contribution in [1.82, 2.24) is 10.2 Å². The molecule has 0 aromatic carbocycles. The first-order valence-electron chi connectivity index (χ1n) is 6.99. The van der Waals surface area contributed by atoms with Gasteiger partial charge in [0.2, 0.25) is 0 Å². The van der Waals surface area contributed by atoms with Crippen LogP contribution in [0.25, 0.3) is 0 Å². The molecule has 0 spiro atoms. The molecule has 2 aromatic heterocycles. The van der Waals surface area contributed by atoms with E-state index in [1.165, 1.54) is 20.2 Å². The summed E-state index contributed by atoms with van der Waals surface area (Å²) in [6.45, 7) is 7.63. The van der Waals surface area contributed by atoms with Gasteiger partial charge in [0.15, 0.2) is 0 Å². The van der Waals surface area contributed by atoms with E-state index in [0.29, 0.717) is 12.1 Å². The van der Waals surface area contributed by atoms with Crippen molar-refractivity contribution in [3.05, 3.63) is 43.8 Å². The highest BCUT2D eigenvalue weighted by molar-refractivity contribution is 7.12. The van der Waals surface area contributed by atoms with Crippen LogP contribution >= 0.6 is 22.7 Å². The monoisotopic (exact) mass is 308 g/mol.